The Labute approximate surface area is 154 Å². The second-order valence-electron chi connectivity index (χ2n) is 6.81. The Morgan fingerprint density at radius 3 is 2.40 bits per heavy atom. The van der Waals surface area contributed by atoms with E-state index in [1.54, 1.807) is 20.8 Å². The maximum absolute atomic E-state index is 12.3. The van der Waals surface area contributed by atoms with Gasteiger partial charge in [-0.05, 0) is 38.8 Å². The van der Waals surface area contributed by atoms with Crippen LogP contribution in [-0.2, 0) is 14.3 Å². The largest absolute Gasteiger partial charge is 1.00 e. The number of quaternary nitrogens is 1. The molecule has 0 aliphatic carbocycles. The van der Waals surface area contributed by atoms with Crippen LogP contribution in [0.2, 0.25) is 0 Å². The van der Waals surface area contributed by atoms with Gasteiger partial charge in [-0.3, -0.25) is 4.79 Å². The van der Waals surface area contributed by atoms with Crippen LogP contribution in [0.4, 0.5) is 0 Å². The number of aliphatic hydroxyl groups is 1. The van der Waals surface area contributed by atoms with Gasteiger partial charge < -0.3 is 27.6 Å². The highest BCUT2D eigenvalue weighted by Gasteiger charge is 2.40. The molecular formula is C19H26ClNO4. The van der Waals surface area contributed by atoms with Crippen molar-refractivity contribution in [2.45, 2.75) is 51.9 Å². The lowest BCUT2D eigenvalue weighted by Gasteiger charge is -2.18. The van der Waals surface area contributed by atoms with Crippen LogP contribution in [-0.4, -0.2) is 35.0 Å². The number of cyclic esters (lactones) is 1. The molecule has 5 nitrogen and oxygen atoms in total. The summed E-state index contributed by atoms with van der Waals surface area (Å²) in [6.07, 6.45) is -0.360. The number of ketones is 1. The van der Waals surface area contributed by atoms with Gasteiger partial charge in [-0.15, -0.1) is 0 Å². The third-order valence-corrected chi connectivity index (χ3v) is 4.66. The van der Waals surface area contributed by atoms with E-state index in [1.807, 2.05) is 42.6 Å². The van der Waals surface area contributed by atoms with Crippen molar-refractivity contribution < 1.29 is 37.2 Å². The predicted octanol–water partition coefficient (Wildman–Crippen LogP) is -1.71. The minimum Gasteiger partial charge on any atom is -1.00 e. The minimum absolute atomic E-state index is 0. The number of rotatable bonds is 7. The van der Waals surface area contributed by atoms with Gasteiger partial charge in [-0.1, -0.05) is 30.3 Å². The Balaban J connectivity index is 0.00000312. The number of Topliss-reactive ketones (excluding diaryl/α,β-unsaturated/α-hetero) is 1. The molecule has 0 aromatic heterocycles. The molecule has 2 atom stereocenters. The van der Waals surface area contributed by atoms with E-state index < -0.39 is 17.7 Å². The zero-order valence-corrected chi connectivity index (χ0v) is 15.8. The molecule has 0 saturated carbocycles. The van der Waals surface area contributed by atoms with Crippen LogP contribution in [0.25, 0.3) is 0 Å². The number of nitrogens with two attached hydrogens (primary N) is 1. The highest BCUT2D eigenvalue weighted by molar-refractivity contribution is 6.19. The summed E-state index contributed by atoms with van der Waals surface area (Å²) in [5, 5.41) is 12.2. The smallest absolute Gasteiger partial charge is 0.342 e. The third kappa shape index (κ3) is 4.91. The van der Waals surface area contributed by atoms with E-state index in [0.717, 1.165) is 5.56 Å². The van der Waals surface area contributed by atoms with E-state index in [0.29, 0.717) is 12.1 Å². The Kier molecular flexibility index (Phi) is 7.35. The molecule has 0 spiro atoms. The zero-order valence-electron chi connectivity index (χ0n) is 15.1. The zero-order chi connectivity index (χ0) is 17.9. The van der Waals surface area contributed by atoms with Crippen molar-refractivity contribution in [2.75, 3.05) is 6.54 Å². The average Bonchev–Trinajstić information content (AvgIpc) is 2.74. The van der Waals surface area contributed by atoms with Crippen LogP contribution in [0.1, 0.15) is 45.8 Å². The fraction of sp³-hybridized carbons (Fsp3) is 0.474. The lowest BCUT2D eigenvalue weighted by atomic mass is 9.94. The van der Waals surface area contributed by atoms with Crippen molar-refractivity contribution in [3.05, 3.63) is 47.0 Å². The standard InChI is InChI=1S/C19H25NO4.ClH/c1-12-16(18(23)24-19(12,3)4)15(21)10-11-20-13(2)17(22)14-8-6-5-7-9-14;/h5-9,13,17,20,22H,10-11H2,1-4H3;1H. The summed E-state index contributed by atoms with van der Waals surface area (Å²) in [5.74, 6) is -0.722. The van der Waals surface area contributed by atoms with Crippen molar-refractivity contribution in [3.8, 4) is 0 Å². The number of hydrogen-bond donors (Lipinski definition) is 2. The van der Waals surface area contributed by atoms with Crippen LogP contribution in [0.15, 0.2) is 41.5 Å². The second kappa shape index (κ2) is 8.61. The first-order chi connectivity index (χ1) is 11.2. The molecule has 0 fully saturated rings. The van der Waals surface area contributed by atoms with Crippen LogP contribution < -0.4 is 17.7 Å². The molecule has 3 N–H and O–H groups in total. The number of carbonyl (C=O) groups excluding carboxylic acids is 2. The summed E-state index contributed by atoms with van der Waals surface area (Å²) >= 11 is 0. The monoisotopic (exact) mass is 367 g/mol. The molecule has 1 aliphatic heterocycles. The van der Waals surface area contributed by atoms with Gasteiger partial charge in [0.2, 0.25) is 0 Å². The fourth-order valence-corrected chi connectivity index (χ4v) is 2.82. The van der Waals surface area contributed by atoms with Gasteiger partial charge >= 0.3 is 5.97 Å². The molecule has 0 radical (unpaired) electrons. The molecule has 0 saturated heterocycles. The van der Waals surface area contributed by atoms with Gasteiger partial charge in [-0.25, -0.2) is 4.79 Å². The number of hydrogen-bond acceptors (Lipinski definition) is 4. The van der Waals surface area contributed by atoms with Crippen LogP contribution in [0.3, 0.4) is 0 Å². The molecule has 0 amide bonds. The molecule has 0 bridgehead atoms. The summed E-state index contributed by atoms with van der Waals surface area (Å²) < 4.78 is 5.23. The molecule has 1 aromatic carbocycles. The predicted molar refractivity (Wildman–Crippen MR) is 90.2 cm³/mol. The molecular weight excluding hydrogens is 342 g/mol. The maximum Gasteiger partial charge on any atom is 0.342 e. The van der Waals surface area contributed by atoms with E-state index in [-0.39, 0.29) is 36.2 Å². The Morgan fingerprint density at radius 2 is 1.88 bits per heavy atom. The molecule has 1 aliphatic rings. The Bertz CT molecular complexity index is 655. The fourth-order valence-electron chi connectivity index (χ4n) is 2.82. The van der Waals surface area contributed by atoms with Crippen molar-refractivity contribution >= 4 is 11.8 Å². The summed E-state index contributed by atoms with van der Waals surface area (Å²) in [5.41, 5.74) is 1.02. The molecule has 2 unspecified atom stereocenters. The summed E-state index contributed by atoms with van der Waals surface area (Å²) in [6.45, 7) is 7.76. The van der Waals surface area contributed by atoms with Crippen molar-refractivity contribution in [3.63, 3.8) is 0 Å². The highest BCUT2D eigenvalue weighted by atomic mass is 35.5. The van der Waals surface area contributed by atoms with Crippen LogP contribution in [0.5, 0.6) is 0 Å². The first-order valence-corrected chi connectivity index (χ1v) is 8.28. The van der Waals surface area contributed by atoms with Gasteiger partial charge in [0.1, 0.15) is 23.3 Å². The van der Waals surface area contributed by atoms with Gasteiger partial charge in [-0.2, -0.15) is 0 Å². The molecule has 25 heavy (non-hydrogen) atoms. The van der Waals surface area contributed by atoms with Crippen molar-refractivity contribution in [2.24, 2.45) is 0 Å². The number of halogens is 1. The first kappa shape index (κ1) is 21.4. The molecule has 2 rings (SSSR count). The highest BCUT2D eigenvalue weighted by Crippen LogP contribution is 2.32. The lowest BCUT2D eigenvalue weighted by molar-refractivity contribution is -0.693. The maximum atomic E-state index is 12.3. The van der Waals surface area contributed by atoms with E-state index in [4.69, 9.17) is 4.74 Å². The van der Waals surface area contributed by atoms with Gasteiger partial charge in [0.25, 0.3) is 0 Å². The lowest BCUT2D eigenvalue weighted by Crippen LogP contribution is -3.00. The molecule has 6 heteroatoms. The van der Waals surface area contributed by atoms with Crippen LogP contribution in [0, 0.1) is 0 Å². The number of carbonyl (C=O) groups is 2. The number of aliphatic hydroxyl groups excluding tert-OH is 1. The number of benzene rings is 1. The first-order valence-electron chi connectivity index (χ1n) is 8.28. The van der Waals surface area contributed by atoms with E-state index >= 15 is 0 Å². The third-order valence-electron chi connectivity index (χ3n) is 4.66. The molecule has 138 valence electrons. The molecule has 1 heterocycles. The van der Waals surface area contributed by atoms with Gasteiger partial charge in [0.05, 0.1) is 13.0 Å². The number of esters is 1. The van der Waals surface area contributed by atoms with Crippen molar-refractivity contribution in [1.29, 1.82) is 0 Å². The topological polar surface area (TPSA) is 80.2 Å². The Hall–Kier alpha value is -1.69. The summed E-state index contributed by atoms with van der Waals surface area (Å²) in [7, 11) is 0. The van der Waals surface area contributed by atoms with E-state index in [9.17, 15) is 14.7 Å². The minimum atomic E-state index is -0.706. The van der Waals surface area contributed by atoms with Gasteiger partial charge in [0, 0.05) is 0 Å². The summed E-state index contributed by atoms with van der Waals surface area (Å²) in [6, 6.07) is 9.36. The molecule has 1 aromatic rings. The average molecular weight is 368 g/mol. The second-order valence-corrected chi connectivity index (χ2v) is 6.81. The van der Waals surface area contributed by atoms with E-state index in [1.165, 1.54) is 0 Å². The van der Waals surface area contributed by atoms with E-state index in [2.05, 4.69) is 0 Å². The van der Waals surface area contributed by atoms with Gasteiger partial charge in [0.15, 0.2) is 5.78 Å². The Morgan fingerprint density at radius 1 is 1.28 bits per heavy atom. The normalized spacial score (nSPS) is 18.4. The SMILES string of the molecule is CC1=C(C(=O)CC[NH2+]C(C)C(O)c2ccccc2)C(=O)OC1(C)C.[Cl-]. The number of ether oxygens (including phenoxy) is 1. The quantitative estimate of drug-likeness (QED) is 0.444. The van der Waals surface area contributed by atoms with Crippen molar-refractivity contribution in [1.82, 2.24) is 0 Å². The summed E-state index contributed by atoms with van der Waals surface area (Å²) in [4.78, 5) is 24.2. The van der Waals surface area contributed by atoms with Crippen LogP contribution >= 0.6 is 0 Å².